The summed E-state index contributed by atoms with van der Waals surface area (Å²) < 4.78 is 1.98. The summed E-state index contributed by atoms with van der Waals surface area (Å²) >= 11 is 1.70. The highest BCUT2D eigenvalue weighted by Gasteiger charge is 2.39. The van der Waals surface area contributed by atoms with Crippen LogP contribution in [0.1, 0.15) is 32.0 Å². The molecule has 1 fully saturated rings. The van der Waals surface area contributed by atoms with E-state index in [1.807, 2.05) is 11.7 Å². The van der Waals surface area contributed by atoms with Crippen LogP contribution in [0.4, 0.5) is 0 Å². The third kappa shape index (κ3) is 2.21. The maximum Gasteiger partial charge on any atom is 0.191 e. The predicted molar refractivity (Wildman–Crippen MR) is 78.4 cm³/mol. The fraction of sp³-hybridized carbons (Fsp3) is 0.571. The molecule has 4 nitrogen and oxygen atoms in total. The molecule has 0 radical (unpaired) electrons. The first-order chi connectivity index (χ1) is 9.25. The SMILES string of the molecule is CCCC1(c2nc(-c3cccs3)nn2C)CCNC1. The van der Waals surface area contributed by atoms with Gasteiger partial charge in [-0.25, -0.2) is 4.98 Å². The third-order valence-corrected chi connectivity index (χ3v) is 4.82. The highest BCUT2D eigenvalue weighted by molar-refractivity contribution is 7.13. The molecule has 1 aliphatic heterocycles. The number of nitrogens with one attached hydrogen (secondary N) is 1. The number of hydrogen-bond acceptors (Lipinski definition) is 4. The quantitative estimate of drug-likeness (QED) is 0.933. The summed E-state index contributed by atoms with van der Waals surface area (Å²) in [5.74, 6) is 2.01. The lowest BCUT2D eigenvalue weighted by molar-refractivity contribution is 0.385. The molecule has 2 aromatic rings. The van der Waals surface area contributed by atoms with Crippen molar-refractivity contribution >= 4 is 11.3 Å². The lowest BCUT2D eigenvalue weighted by Gasteiger charge is -2.26. The summed E-state index contributed by atoms with van der Waals surface area (Å²) in [6.07, 6.45) is 3.52. The molecule has 3 rings (SSSR count). The van der Waals surface area contributed by atoms with Crippen molar-refractivity contribution in [3.8, 4) is 10.7 Å². The number of rotatable bonds is 4. The van der Waals surface area contributed by atoms with Crippen LogP contribution in [0.25, 0.3) is 10.7 Å². The summed E-state index contributed by atoms with van der Waals surface area (Å²) in [5.41, 5.74) is 0.173. The van der Waals surface area contributed by atoms with Gasteiger partial charge in [-0.15, -0.1) is 11.3 Å². The molecule has 3 heterocycles. The number of nitrogens with zero attached hydrogens (tertiary/aromatic N) is 3. The second-order valence-corrected chi connectivity index (χ2v) is 6.26. The van der Waals surface area contributed by atoms with Crippen molar-refractivity contribution in [2.24, 2.45) is 7.05 Å². The van der Waals surface area contributed by atoms with Gasteiger partial charge in [0, 0.05) is 19.0 Å². The molecule has 1 aliphatic rings. The largest absolute Gasteiger partial charge is 0.316 e. The van der Waals surface area contributed by atoms with Crippen LogP contribution in [0.5, 0.6) is 0 Å². The lowest BCUT2D eigenvalue weighted by atomic mass is 9.81. The molecular weight excluding hydrogens is 256 g/mol. The Morgan fingerprint density at radius 1 is 1.53 bits per heavy atom. The van der Waals surface area contributed by atoms with Crippen molar-refractivity contribution in [1.29, 1.82) is 0 Å². The molecule has 5 heteroatoms. The van der Waals surface area contributed by atoms with Gasteiger partial charge in [-0.05, 0) is 30.8 Å². The van der Waals surface area contributed by atoms with E-state index in [2.05, 4.69) is 34.9 Å². The first kappa shape index (κ1) is 12.8. The highest BCUT2D eigenvalue weighted by Crippen LogP contribution is 2.35. The van der Waals surface area contributed by atoms with E-state index in [9.17, 15) is 0 Å². The van der Waals surface area contributed by atoms with Crippen LogP contribution in [0.15, 0.2) is 17.5 Å². The van der Waals surface area contributed by atoms with Gasteiger partial charge in [0.05, 0.1) is 4.88 Å². The van der Waals surface area contributed by atoms with E-state index < -0.39 is 0 Å². The number of hydrogen-bond donors (Lipinski definition) is 1. The molecule has 0 spiro atoms. The Balaban J connectivity index is 2.00. The smallest absolute Gasteiger partial charge is 0.191 e. The molecule has 0 bridgehead atoms. The van der Waals surface area contributed by atoms with Gasteiger partial charge in [-0.1, -0.05) is 19.4 Å². The number of aromatic nitrogens is 3. The zero-order valence-corrected chi connectivity index (χ0v) is 12.3. The maximum absolute atomic E-state index is 4.85. The fourth-order valence-electron chi connectivity index (χ4n) is 3.09. The Labute approximate surface area is 117 Å². The van der Waals surface area contributed by atoms with Crippen molar-refractivity contribution in [2.45, 2.75) is 31.6 Å². The van der Waals surface area contributed by atoms with Crippen molar-refractivity contribution < 1.29 is 0 Å². The van der Waals surface area contributed by atoms with Gasteiger partial charge in [0.2, 0.25) is 0 Å². The summed E-state index contributed by atoms with van der Waals surface area (Å²) in [4.78, 5) is 6.00. The normalized spacial score (nSPS) is 23.1. The van der Waals surface area contributed by atoms with Crippen LogP contribution in [-0.4, -0.2) is 27.9 Å². The molecule has 0 aromatic carbocycles. The van der Waals surface area contributed by atoms with E-state index in [1.165, 1.54) is 12.8 Å². The molecule has 19 heavy (non-hydrogen) atoms. The van der Waals surface area contributed by atoms with Crippen molar-refractivity contribution in [3.05, 3.63) is 23.3 Å². The van der Waals surface area contributed by atoms with Gasteiger partial charge in [0.25, 0.3) is 0 Å². The lowest BCUT2D eigenvalue weighted by Crippen LogP contribution is -2.32. The molecule has 1 atom stereocenters. The van der Waals surface area contributed by atoms with E-state index in [1.54, 1.807) is 11.3 Å². The molecule has 0 amide bonds. The Bertz CT molecular complexity index is 538. The molecule has 2 aromatic heterocycles. The second-order valence-electron chi connectivity index (χ2n) is 5.32. The Hall–Kier alpha value is -1.20. The van der Waals surface area contributed by atoms with Crippen molar-refractivity contribution in [2.75, 3.05) is 13.1 Å². The minimum Gasteiger partial charge on any atom is -0.316 e. The van der Waals surface area contributed by atoms with Crippen LogP contribution in [0.2, 0.25) is 0 Å². The average molecular weight is 276 g/mol. The van der Waals surface area contributed by atoms with E-state index >= 15 is 0 Å². The van der Waals surface area contributed by atoms with Crippen LogP contribution < -0.4 is 5.32 Å². The predicted octanol–water partition coefficient (Wildman–Crippen LogP) is 2.57. The standard InChI is InChI=1S/C14H20N4S/c1-3-6-14(7-8-15-10-14)13-16-12(17-18(13)2)11-5-4-9-19-11/h4-5,9,15H,3,6-8,10H2,1-2H3. The van der Waals surface area contributed by atoms with Gasteiger partial charge in [0.1, 0.15) is 5.82 Å². The number of thiophene rings is 1. The Morgan fingerprint density at radius 3 is 3.05 bits per heavy atom. The van der Waals surface area contributed by atoms with Crippen molar-refractivity contribution in [1.82, 2.24) is 20.1 Å². The zero-order valence-electron chi connectivity index (χ0n) is 11.5. The highest BCUT2D eigenvalue weighted by atomic mass is 32.1. The van der Waals surface area contributed by atoms with Gasteiger partial charge < -0.3 is 5.32 Å². The van der Waals surface area contributed by atoms with Crippen LogP contribution >= 0.6 is 11.3 Å². The molecule has 0 aliphatic carbocycles. The minimum atomic E-state index is 0.173. The summed E-state index contributed by atoms with van der Waals surface area (Å²) in [5, 5.41) is 10.2. The summed E-state index contributed by atoms with van der Waals surface area (Å²) in [6.45, 7) is 4.36. The van der Waals surface area contributed by atoms with E-state index in [0.29, 0.717) is 0 Å². The first-order valence-corrected chi connectivity index (χ1v) is 7.79. The maximum atomic E-state index is 4.85. The molecular formula is C14H20N4S. The molecule has 1 unspecified atom stereocenters. The fourth-order valence-corrected chi connectivity index (χ4v) is 3.75. The van der Waals surface area contributed by atoms with E-state index in [0.717, 1.165) is 36.0 Å². The zero-order chi connectivity index (χ0) is 13.3. The van der Waals surface area contributed by atoms with Crippen LogP contribution in [0.3, 0.4) is 0 Å². The van der Waals surface area contributed by atoms with Gasteiger partial charge in [0.15, 0.2) is 5.82 Å². The Morgan fingerprint density at radius 2 is 2.42 bits per heavy atom. The topological polar surface area (TPSA) is 42.7 Å². The van der Waals surface area contributed by atoms with Crippen LogP contribution in [0, 0.1) is 0 Å². The molecule has 102 valence electrons. The Kier molecular flexibility index (Phi) is 3.41. The second kappa shape index (κ2) is 5.06. The molecule has 1 N–H and O–H groups in total. The van der Waals surface area contributed by atoms with Gasteiger partial charge in [-0.3, -0.25) is 4.68 Å². The summed E-state index contributed by atoms with van der Waals surface area (Å²) in [7, 11) is 2.02. The summed E-state index contributed by atoms with van der Waals surface area (Å²) in [6, 6.07) is 4.14. The molecule has 0 saturated carbocycles. The third-order valence-electron chi connectivity index (χ3n) is 3.95. The van der Waals surface area contributed by atoms with E-state index in [-0.39, 0.29) is 5.41 Å². The molecule has 1 saturated heterocycles. The van der Waals surface area contributed by atoms with Crippen molar-refractivity contribution in [3.63, 3.8) is 0 Å². The van der Waals surface area contributed by atoms with Crippen LogP contribution in [-0.2, 0) is 12.5 Å². The van der Waals surface area contributed by atoms with E-state index in [4.69, 9.17) is 4.98 Å². The number of aryl methyl sites for hydroxylation is 1. The van der Waals surface area contributed by atoms with Gasteiger partial charge >= 0.3 is 0 Å². The van der Waals surface area contributed by atoms with Gasteiger partial charge in [-0.2, -0.15) is 5.10 Å². The first-order valence-electron chi connectivity index (χ1n) is 6.91. The minimum absolute atomic E-state index is 0.173. The average Bonchev–Trinajstić information content (AvgIpc) is 3.08. The monoisotopic (exact) mass is 276 g/mol.